The van der Waals surface area contributed by atoms with Gasteiger partial charge in [0, 0.05) is 16.3 Å². The number of thioether (sulfide) groups is 1. The molecular weight excluding hydrogens is 432 g/mol. The van der Waals surface area contributed by atoms with E-state index in [1.54, 1.807) is 12.1 Å². The third-order valence-corrected chi connectivity index (χ3v) is 5.84. The van der Waals surface area contributed by atoms with Crippen molar-refractivity contribution < 1.29 is 0 Å². The zero-order chi connectivity index (χ0) is 21.2. The third-order valence-electron chi connectivity index (χ3n) is 4.70. The second kappa shape index (κ2) is 8.33. The van der Waals surface area contributed by atoms with Gasteiger partial charge in [-0.2, -0.15) is 4.68 Å². The van der Waals surface area contributed by atoms with Crippen molar-refractivity contribution in [2.75, 3.05) is 0 Å². The van der Waals surface area contributed by atoms with Gasteiger partial charge in [0.15, 0.2) is 11.0 Å². The molecule has 0 aliphatic heterocycles. The summed E-state index contributed by atoms with van der Waals surface area (Å²) in [6.45, 7) is 0. The Bertz CT molecular complexity index is 1420. The first-order valence-electron chi connectivity index (χ1n) is 9.43. The average molecular weight is 447 g/mol. The van der Waals surface area contributed by atoms with Crippen LogP contribution in [0.2, 0.25) is 5.02 Å². The van der Waals surface area contributed by atoms with Crippen molar-refractivity contribution in [3.63, 3.8) is 0 Å². The molecule has 0 saturated carbocycles. The third kappa shape index (κ3) is 3.83. The summed E-state index contributed by atoms with van der Waals surface area (Å²) < 4.78 is 3.27. The van der Waals surface area contributed by atoms with Gasteiger partial charge in [0.1, 0.15) is 5.52 Å². The summed E-state index contributed by atoms with van der Waals surface area (Å²) in [6, 6.07) is 24.4. The van der Waals surface area contributed by atoms with Gasteiger partial charge in [-0.25, -0.2) is 0 Å². The summed E-state index contributed by atoms with van der Waals surface area (Å²) in [5.41, 5.74) is 2.18. The van der Waals surface area contributed by atoms with Crippen molar-refractivity contribution >= 4 is 34.3 Å². The van der Waals surface area contributed by atoms with Gasteiger partial charge in [-0.05, 0) is 36.4 Å². The zero-order valence-corrected chi connectivity index (χ0v) is 17.7. The SMILES string of the molecule is O=c1c2ccccc2nnn1CSc1nnc(-c2ccccc2)n1-c1ccc(Cl)cc1. The van der Waals surface area contributed by atoms with Gasteiger partial charge in [0.25, 0.3) is 5.56 Å². The molecule has 0 atom stereocenters. The summed E-state index contributed by atoms with van der Waals surface area (Å²) in [7, 11) is 0. The number of benzene rings is 3. The van der Waals surface area contributed by atoms with Crippen LogP contribution in [0.5, 0.6) is 0 Å². The van der Waals surface area contributed by atoms with E-state index in [1.165, 1.54) is 16.4 Å². The Morgan fingerprint density at radius 2 is 1.58 bits per heavy atom. The number of hydrogen-bond acceptors (Lipinski definition) is 6. The Balaban J connectivity index is 1.54. The molecule has 0 amide bonds. The van der Waals surface area contributed by atoms with E-state index in [9.17, 15) is 4.79 Å². The lowest BCUT2D eigenvalue weighted by atomic mass is 10.2. The first kappa shape index (κ1) is 19.5. The number of fused-ring (bicyclic) bond motifs is 1. The molecule has 9 heteroatoms. The largest absolute Gasteiger partial charge is 0.278 e. The molecule has 0 N–H and O–H groups in total. The zero-order valence-electron chi connectivity index (χ0n) is 16.1. The fourth-order valence-electron chi connectivity index (χ4n) is 3.19. The number of hydrogen-bond donors (Lipinski definition) is 0. The van der Waals surface area contributed by atoms with Crippen molar-refractivity contribution in [3.8, 4) is 17.1 Å². The van der Waals surface area contributed by atoms with E-state index >= 15 is 0 Å². The number of halogens is 1. The van der Waals surface area contributed by atoms with Crippen LogP contribution in [0, 0.1) is 0 Å². The van der Waals surface area contributed by atoms with Crippen LogP contribution in [-0.4, -0.2) is 29.8 Å². The molecule has 0 saturated heterocycles. The van der Waals surface area contributed by atoms with Crippen molar-refractivity contribution in [2.24, 2.45) is 0 Å². The molecular formula is C22H15ClN6OS. The summed E-state index contributed by atoms with van der Waals surface area (Å²) in [6.07, 6.45) is 0. The van der Waals surface area contributed by atoms with Crippen LogP contribution in [0.3, 0.4) is 0 Å². The molecule has 5 aromatic rings. The minimum Gasteiger partial charge on any atom is -0.270 e. The van der Waals surface area contributed by atoms with Crippen LogP contribution in [0.1, 0.15) is 0 Å². The lowest BCUT2D eigenvalue weighted by molar-refractivity contribution is 0.643. The van der Waals surface area contributed by atoms with E-state index in [4.69, 9.17) is 11.6 Å². The molecule has 0 fully saturated rings. The highest BCUT2D eigenvalue weighted by atomic mass is 35.5. The monoisotopic (exact) mass is 446 g/mol. The molecule has 31 heavy (non-hydrogen) atoms. The van der Waals surface area contributed by atoms with Crippen LogP contribution in [-0.2, 0) is 5.88 Å². The number of aromatic nitrogens is 6. The number of nitrogens with zero attached hydrogens (tertiary/aromatic N) is 6. The van der Waals surface area contributed by atoms with Gasteiger partial charge in [-0.15, -0.1) is 15.3 Å². The molecule has 0 aliphatic carbocycles. The van der Waals surface area contributed by atoms with Gasteiger partial charge in [-0.1, -0.05) is 71.0 Å². The highest BCUT2D eigenvalue weighted by Crippen LogP contribution is 2.29. The van der Waals surface area contributed by atoms with Crippen LogP contribution in [0.15, 0.2) is 88.8 Å². The average Bonchev–Trinajstić information content (AvgIpc) is 3.24. The van der Waals surface area contributed by atoms with Gasteiger partial charge >= 0.3 is 0 Å². The fourth-order valence-corrected chi connectivity index (χ4v) is 4.14. The quantitative estimate of drug-likeness (QED) is 0.371. The van der Waals surface area contributed by atoms with Gasteiger partial charge in [0.2, 0.25) is 0 Å². The van der Waals surface area contributed by atoms with Crippen LogP contribution in [0.4, 0.5) is 0 Å². The molecule has 0 bridgehead atoms. The fraction of sp³-hybridized carbons (Fsp3) is 0.0455. The van der Waals surface area contributed by atoms with E-state index in [0.717, 1.165) is 11.3 Å². The smallest absolute Gasteiger partial charge is 0.270 e. The molecule has 5 rings (SSSR count). The lowest BCUT2D eigenvalue weighted by Gasteiger charge is -2.11. The topological polar surface area (TPSA) is 78.5 Å². The number of rotatable bonds is 5. The second-order valence-electron chi connectivity index (χ2n) is 6.67. The van der Waals surface area contributed by atoms with E-state index < -0.39 is 0 Å². The maximum Gasteiger partial charge on any atom is 0.278 e. The molecule has 3 aromatic carbocycles. The molecule has 0 unspecified atom stereocenters. The van der Waals surface area contributed by atoms with E-state index in [1.807, 2.05) is 71.3 Å². The molecule has 0 aliphatic rings. The Hall–Kier alpha value is -3.49. The van der Waals surface area contributed by atoms with E-state index in [0.29, 0.717) is 26.9 Å². The molecule has 2 heterocycles. The van der Waals surface area contributed by atoms with Gasteiger partial charge < -0.3 is 0 Å². The van der Waals surface area contributed by atoms with Gasteiger partial charge in [-0.3, -0.25) is 9.36 Å². The minimum atomic E-state index is -0.195. The highest BCUT2D eigenvalue weighted by Gasteiger charge is 2.17. The second-order valence-corrected chi connectivity index (χ2v) is 8.02. The maximum absolute atomic E-state index is 12.8. The Morgan fingerprint density at radius 1 is 0.839 bits per heavy atom. The molecule has 2 aromatic heterocycles. The Morgan fingerprint density at radius 3 is 2.39 bits per heavy atom. The molecule has 0 radical (unpaired) electrons. The first-order valence-corrected chi connectivity index (χ1v) is 10.8. The van der Waals surface area contributed by atoms with E-state index in [-0.39, 0.29) is 11.4 Å². The minimum absolute atomic E-state index is 0.195. The van der Waals surface area contributed by atoms with Crippen molar-refractivity contribution in [1.82, 2.24) is 29.8 Å². The van der Waals surface area contributed by atoms with E-state index in [2.05, 4.69) is 20.5 Å². The highest BCUT2D eigenvalue weighted by molar-refractivity contribution is 7.98. The molecule has 152 valence electrons. The van der Waals surface area contributed by atoms with Crippen LogP contribution in [0.25, 0.3) is 28.0 Å². The summed E-state index contributed by atoms with van der Waals surface area (Å²) in [4.78, 5) is 12.8. The van der Waals surface area contributed by atoms with Gasteiger partial charge in [0.05, 0.1) is 11.3 Å². The summed E-state index contributed by atoms with van der Waals surface area (Å²) >= 11 is 7.43. The van der Waals surface area contributed by atoms with Crippen molar-refractivity contribution in [3.05, 3.63) is 94.2 Å². The predicted molar refractivity (Wildman–Crippen MR) is 121 cm³/mol. The molecule has 0 spiro atoms. The first-order chi connectivity index (χ1) is 15.2. The van der Waals surface area contributed by atoms with Crippen molar-refractivity contribution in [1.29, 1.82) is 0 Å². The Kier molecular flexibility index (Phi) is 5.23. The standard InChI is InChI=1S/C22H15ClN6OS/c23-16-10-12-17(13-11-16)29-20(15-6-2-1-3-7-15)25-26-22(29)31-14-28-21(30)18-8-4-5-9-19(18)24-27-28/h1-13H,14H2. The van der Waals surface area contributed by atoms with Crippen LogP contribution < -0.4 is 5.56 Å². The maximum atomic E-state index is 12.8. The van der Waals surface area contributed by atoms with Crippen LogP contribution >= 0.6 is 23.4 Å². The Labute approximate surface area is 186 Å². The normalized spacial score (nSPS) is 11.1. The molecule has 7 nitrogen and oxygen atoms in total. The van der Waals surface area contributed by atoms with Crippen molar-refractivity contribution in [2.45, 2.75) is 11.0 Å². The predicted octanol–water partition coefficient (Wildman–Crippen LogP) is 4.44. The lowest BCUT2D eigenvalue weighted by Crippen LogP contribution is -2.23. The summed E-state index contributed by atoms with van der Waals surface area (Å²) in [5, 5.41) is 18.8. The summed E-state index contributed by atoms with van der Waals surface area (Å²) in [5.74, 6) is 0.944.